The van der Waals surface area contributed by atoms with Gasteiger partial charge in [0.15, 0.2) is 0 Å². The normalized spacial score (nSPS) is 11.0. The SMILES string of the molecule is CCCOc1cccc(-c2cc(Cl)cc(Cl)c2Cl)c1-c1cc(I)cc(I)c1I. The molecule has 0 N–H and O–H groups in total. The Bertz CT molecular complexity index is 1040. The van der Waals surface area contributed by atoms with Crippen molar-refractivity contribution in [3.63, 3.8) is 0 Å². The molecule has 0 radical (unpaired) electrons. The van der Waals surface area contributed by atoms with E-state index >= 15 is 0 Å². The van der Waals surface area contributed by atoms with Gasteiger partial charge in [-0.3, -0.25) is 0 Å². The minimum Gasteiger partial charge on any atom is -0.493 e. The van der Waals surface area contributed by atoms with Gasteiger partial charge in [0.1, 0.15) is 5.75 Å². The number of halogens is 6. The molecular weight excluding hydrogens is 755 g/mol. The van der Waals surface area contributed by atoms with Gasteiger partial charge in [-0.2, -0.15) is 0 Å². The van der Waals surface area contributed by atoms with E-state index in [4.69, 9.17) is 39.5 Å². The van der Waals surface area contributed by atoms with E-state index in [9.17, 15) is 0 Å². The minimum absolute atomic E-state index is 0.432. The molecule has 0 aliphatic carbocycles. The Morgan fingerprint density at radius 3 is 2.36 bits per heavy atom. The Balaban J connectivity index is 2.38. The van der Waals surface area contributed by atoms with Crippen LogP contribution in [0.5, 0.6) is 5.75 Å². The molecule has 0 aromatic heterocycles. The van der Waals surface area contributed by atoms with E-state index in [1.807, 2.05) is 24.3 Å². The molecule has 0 aliphatic rings. The molecule has 1 nitrogen and oxygen atoms in total. The molecule has 3 rings (SSSR count). The van der Waals surface area contributed by atoms with Gasteiger partial charge < -0.3 is 4.74 Å². The molecule has 0 saturated carbocycles. The van der Waals surface area contributed by atoms with Crippen molar-refractivity contribution in [1.82, 2.24) is 0 Å². The van der Waals surface area contributed by atoms with Gasteiger partial charge in [0.05, 0.1) is 16.7 Å². The third-order valence-electron chi connectivity index (χ3n) is 4.03. The summed E-state index contributed by atoms with van der Waals surface area (Å²) in [6.07, 6.45) is 0.925. The zero-order chi connectivity index (χ0) is 20.4. The number of rotatable bonds is 5. The first-order chi connectivity index (χ1) is 13.3. The van der Waals surface area contributed by atoms with E-state index in [1.165, 1.54) is 3.57 Å². The van der Waals surface area contributed by atoms with E-state index in [1.54, 1.807) is 6.07 Å². The monoisotopic (exact) mass is 768 g/mol. The molecule has 0 heterocycles. The first-order valence-electron chi connectivity index (χ1n) is 8.39. The third-order valence-corrected chi connectivity index (χ3v) is 8.72. The zero-order valence-corrected chi connectivity index (χ0v) is 23.4. The summed E-state index contributed by atoms with van der Waals surface area (Å²) in [5, 5.41) is 1.46. The highest BCUT2D eigenvalue weighted by molar-refractivity contribution is 14.1. The predicted octanol–water partition coefficient (Wildman–Crippen LogP) is 9.58. The molecule has 0 fully saturated rings. The largest absolute Gasteiger partial charge is 0.493 e. The fourth-order valence-electron chi connectivity index (χ4n) is 2.86. The minimum atomic E-state index is 0.432. The Morgan fingerprint density at radius 2 is 1.64 bits per heavy atom. The van der Waals surface area contributed by atoms with Crippen molar-refractivity contribution in [2.45, 2.75) is 13.3 Å². The van der Waals surface area contributed by atoms with Crippen molar-refractivity contribution in [3.8, 4) is 28.0 Å². The van der Waals surface area contributed by atoms with E-state index in [0.29, 0.717) is 21.7 Å². The van der Waals surface area contributed by atoms with Crippen molar-refractivity contribution in [1.29, 1.82) is 0 Å². The van der Waals surface area contributed by atoms with E-state index in [-0.39, 0.29) is 0 Å². The van der Waals surface area contributed by atoms with Crippen molar-refractivity contribution in [2.75, 3.05) is 6.61 Å². The Hall–Kier alpha value is 0.520. The van der Waals surface area contributed by atoms with Gasteiger partial charge in [-0.25, -0.2) is 0 Å². The topological polar surface area (TPSA) is 9.23 Å². The van der Waals surface area contributed by atoms with Gasteiger partial charge in [-0.05, 0) is 110 Å². The molecule has 28 heavy (non-hydrogen) atoms. The van der Waals surface area contributed by atoms with Crippen LogP contribution in [0.3, 0.4) is 0 Å². The molecular formula is C21H14Cl3I3O. The average molecular weight is 769 g/mol. The van der Waals surface area contributed by atoms with Crippen molar-refractivity contribution in [2.24, 2.45) is 0 Å². The zero-order valence-electron chi connectivity index (χ0n) is 14.6. The van der Waals surface area contributed by atoms with Crippen LogP contribution in [0.1, 0.15) is 13.3 Å². The van der Waals surface area contributed by atoms with Gasteiger partial charge >= 0.3 is 0 Å². The molecule has 7 heteroatoms. The van der Waals surface area contributed by atoms with Gasteiger partial charge in [-0.1, -0.05) is 53.9 Å². The summed E-state index contributed by atoms with van der Waals surface area (Å²) >= 11 is 26.3. The molecule has 0 bridgehead atoms. The average Bonchev–Trinajstić information content (AvgIpc) is 2.65. The van der Waals surface area contributed by atoms with Gasteiger partial charge in [0, 0.05) is 32.4 Å². The molecule has 0 saturated heterocycles. The molecule has 3 aromatic carbocycles. The molecule has 3 aromatic rings. The maximum absolute atomic E-state index is 6.58. The number of ether oxygens (including phenoxy) is 1. The number of benzene rings is 3. The summed E-state index contributed by atoms with van der Waals surface area (Å²) in [6.45, 7) is 2.73. The van der Waals surface area contributed by atoms with Crippen LogP contribution in [0.4, 0.5) is 0 Å². The maximum atomic E-state index is 6.58. The van der Waals surface area contributed by atoms with Crippen molar-refractivity contribution in [3.05, 3.63) is 68.2 Å². The molecule has 0 unspecified atom stereocenters. The Labute approximate surface area is 220 Å². The van der Waals surface area contributed by atoms with Crippen LogP contribution in [0.2, 0.25) is 15.1 Å². The summed E-state index contributed by atoms with van der Waals surface area (Å²) in [5.74, 6) is 0.822. The molecule has 0 amide bonds. The van der Waals surface area contributed by atoms with Gasteiger partial charge in [0.2, 0.25) is 0 Å². The third kappa shape index (κ3) is 5.04. The lowest BCUT2D eigenvalue weighted by molar-refractivity contribution is 0.319. The summed E-state index contributed by atoms with van der Waals surface area (Å²) in [6, 6.07) is 13.8. The molecule has 0 atom stereocenters. The second-order valence-electron chi connectivity index (χ2n) is 6.03. The molecule has 0 spiro atoms. The maximum Gasteiger partial charge on any atom is 0.127 e. The van der Waals surface area contributed by atoms with Crippen LogP contribution < -0.4 is 4.74 Å². The predicted molar refractivity (Wildman–Crippen MR) is 146 cm³/mol. The second kappa shape index (κ2) is 10.2. The molecule has 146 valence electrons. The number of hydrogen-bond donors (Lipinski definition) is 0. The lowest BCUT2D eigenvalue weighted by Gasteiger charge is -2.19. The highest BCUT2D eigenvalue weighted by Gasteiger charge is 2.20. The summed E-state index contributed by atoms with van der Waals surface area (Å²) < 4.78 is 9.63. The summed E-state index contributed by atoms with van der Waals surface area (Å²) in [7, 11) is 0. The fourth-order valence-corrected chi connectivity index (χ4v) is 5.99. The Kier molecular flexibility index (Phi) is 8.46. The smallest absolute Gasteiger partial charge is 0.127 e. The molecule has 0 aliphatic heterocycles. The van der Waals surface area contributed by atoms with Crippen LogP contribution in [0.25, 0.3) is 22.3 Å². The summed E-state index contributed by atoms with van der Waals surface area (Å²) in [4.78, 5) is 0. The van der Waals surface area contributed by atoms with Gasteiger partial charge in [-0.15, -0.1) is 0 Å². The van der Waals surface area contributed by atoms with Crippen LogP contribution >= 0.6 is 103 Å². The standard InChI is InChI=1S/C21H14Cl3I3O/c1-2-6-28-18-5-3-4-13(14-7-11(22)8-16(23)20(14)24)19(18)15-9-12(25)10-17(26)21(15)27/h3-5,7-10H,2,6H2,1H3. The highest BCUT2D eigenvalue weighted by atomic mass is 127. The van der Waals surface area contributed by atoms with E-state index < -0.39 is 0 Å². The van der Waals surface area contributed by atoms with Crippen molar-refractivity contribution >= 4 is 103 Å². The lowest BCUT2D eigenvalue weighted by Crippen LogP contribution is -2.00. The first kappa shape index (κ1) is 23.2. The van der Waals surface area contributed by atoms with E-state index in [2.05, 4.69) is 86.8 Å². The fraction of sp³-hybridized carbons (Fsp3) is 0.143. The number of hydrogen-bond acceptors (Lipinski definition) is 1. The van der Waals surface area contributed by atoms with Crippen LogP contribution in [-0.2, 0) is 0 Å². The van der Waals surface area contributed by atoms with E-state index in [0.717, 1.165) is 41.6 Å². The first-order valence-corrected chi connectivity index (χ1v) is 12.8. The quantitative estimate of drug-likeness (QED) is 0.186. The van der Waals surface area contributed by atoms with Gasteiger partial charge in [0.25, 0.3) is 0 Å². The van der Waals surface area contributed by atoms with Crippen LogP contribution in [-0.4, -0.2) is 6.61 Å². The summed E-state index contributed by atoms with van der Waals surface area (Å²) in [5.41, 5.74) is 3.84. The van der Waals surface area contributed by atoms with Crippen molar-refractivity contribution < 1.29 is 4.74 Å². The second-order valence-corrected chi connectivity index (χ2v) is 10.7. The lowest BCUT2D eigenvalue weighted by atomic mass is 9.93. The van der Waals surface area contributed by atoms with Crippen LogP contribution in [0.15, 0.2) is 42.5 Å². The Morgan fingerprint density at radius 1 is 0.893 bits per heavy atom. The highest BCUT2D eigenvalue weighted by Crippen LogP contribution is 2.46. The van der Waals surface area contributed by atoms with Crippen LogP contribution in [0, 0.1) is 10.7 Å².